The lowest BCUT2D eigenvalue weighted by Gasteiger charge is -2.12. The summed E-state index contributed by atoms with van der Waals surface area (Å²) in [4.78, 5) is 20.8. The first-order valence-electron chi connectivity index (χ1n) is 10.6. The van der Waals surface area contributed by atoms with Crippen molar-refractivity contribution in [3.63, 3.8) is 0 Å². The van der Waals surface area contributed by atoms with Gasteiger partial charge in [-0.3, -0.25) is 4.98 Å². The maximum Gasteiger partial charge on any atom is 0.165 e. The lowest BCUT2D eigenvalue weighted by atomic mass is 10.1. The second-order valence-electron chi connectivity index (χ2n) is 7.51. The van der Waals surface area contributed by atoms with Crippen molar-refractivity contribution in [1.29, 1.82) is 0 Å². The molecule has 6 rings (SSSR count). The van der Waals surface area contributed by atoms with Gasteiger partial charge in [0, 0.05) is 23.5 Å². The molecule has 0 saturated heterocycles. The van der Waals surface area contributed by atoms with Crippen LogP contribution in [-0.2, 0) is 0 Å². The van der Waals surface area contributed by atoms with Crippen molar-refractivity contribution < 1.29 is 9.68 Å². The molecule has 34 heavy (non-hydrogen) atoms. The van der Waals surface area contributed by atoms with Crippen LogP contribution >= 0.6 is 0 Å². The fourth-order valence-electron chi connectivity index (χ4n) is 3.91. The number of benzene rings is 2. The molecule has 4 aliphatic heterocycles. The number of hydroxylamine groups is 4. The van der Waals surface area contributed by atoms with Crippen LogP contribution < -0.4 is 9.68 Å². The van der Waals surface area contributed by atoms with E-state index in [9.17, 15) is 0 Å². The highest BCUT2D eigenvalue weighted by Crippen LogP contribution is 2.39. The molecule has 0 fully saturated rings. The van der Waals surface area contributed by atoms with Gasteiger partial charge in [0.15, 0.2) is 11.5 Å². The van der Waals surface area contributed by atoms with E-state index in [2.05, 4.69) is 33.3 Å². The topological polar surface area (TPSA) is 76.5 Å². The summed E-state index contributed by atoms with van der Waals surface area (Å²) in [5, 5.41) is 11.8. The van der Waals surface area contributed by atoms with E-state index in [0.29, 0.717) is 22.8 Å². The third-order valence-electron chi connectivity index (χ3n) is 5.50. The van der Waals surface area contributed by atoms with Gasteiger partial charge in [-0.2, -0.15) is 10.1 Å². The molecule has 0 amide bonds. The Morgan fingerprint density at radius 3 is 1.97 bits per heavy atom. The third-order valence-corrected chi connectivity index (χ3v) is 5.50. The monoisotopic (exact) mass is 446 g/mol. The summed E-state index contributed by atoms with van der Waals surface area (Å²) in [5.41, 5.74) is 5.96. The van der Waals surface area contributed by atoms with Crippen LogP contribution in [0.25, 0.3) is 34.9 Å². The molecule has 0 unspecified atom stereocenters. The lowest BCUT2D eigenvalue weighted by molar-refractivity contribution is 0.0776. The van der Waals surface area contributed by atoms with Crippen molar-refractivity contribution in [3.05, 3.63) is 109 Å². The van der Waals surface area contributed by atoms with Gasteiger partial charge in [-0.1, -0.05) is 37.4 Å². The van der Waals surface area contributed by atoms with Crippen LogP contribution in [0.1, 0.15) is 22.5 Å². The molecule has 0 saturated carbocycles. The normalized spacial score (nSPS) is 16.4. The Morgan fingerprint density at radius 1 is 0.706 bits per heavy atom. The fourth-order valence-corrected chi connectivity index (χ4v) is 3.91. The molecule has 0 spiro atoms. The van der Waals surface area contributed by atoms with Gasteiger partial charge >= 0.3 is 0 Å². The zero-order valence-electron chi connectivity index (χ0n) is 18.0. The van der Waals surface area contributed by atoms with Crippen LogP contribution in [0.5, 0.6) is 11.5 Å². The summed E-state index contributed by atoms with van der Waals surface area (Å²) in [6.45, 7) is 7.67. The summed E-state index contributed by atoms with van der Waals surface area (Å²) in [6.07, 6.45) is 10.3. The molecular formula is C26H18N6O2. The molecule has 8 heteroatoms. The molecule has 0 aliphatic carbocycles. The smallest absolute Gasteiger partial charge is 0.165 e. The van der Waals surface area contributed by atoms with E-state index in [1.807, 2.05) is 60.7 Å². The van der Waals surface area contributed by atoms with Gasteiger partial charge in [0.05, 0.1) is 29.5 Å². The van der Waals surface area contributed by atoms with Gasteiger partial charge in [0.1, 0.15) is 17.1 Å². The SMILES string of the molecule is C=CN1Oc2ccccc2/C1=C\c1cnc2c(/C=C3\c4ccccc4ON3C=C)nnc-2cn1. The average molecular weight is 446 g/mol. The molecular weight excluding hydrogens is 428 g/mol. The summed E-state index contributed by atoms with van der Waals surface area (Å²) in [7, 11) is 0. The van der Waals surface area contributed by atoms with E-state index in [1.165, 1.54) is 0 Å². The van der Waals surface area contributed by atoms with Gasteiger partial charge in [-0.25, -0.2) is 4.98 Å². The van der Waals surface area contributed by atoms with Crippen molar-refractivity contribution in [1.82, 2.24) is 30.3 Å². The van der Waals surface area contributed by atoms with Gasteiger partial charge in [-0.15, -0.1) is 10.2 Å². The molecule has 2 aromatic rings. The zero-order chi connectivity index (χ0) is 23.1. The van der Waals surface area contributed by atoms with Crippen LogP contribution in [0.15, 0.2) is 86.5 Å². The largest absolute Gasteiger partial charge is 0.375 e. The highest BCUT2D eigenvalue weighted by Gasteiger charge is 2.26. The average Bonchev–Trinajstić information content (AvgIpc) is 3.50. The number of nitrogens with zero attached hydrogens (tertiary/aromatic N) is 6. The second kappa shape index (κ2) is 7.86. The summed E-state index contributed by atoms with van der Waals surface area (Å²) < 4.78 is 0. The van der Waals surface area contributed by atoms with Crippen LogP contribution in [0.2, 0.25) is 0 Å². The number of hydrogen-bond acceptors (Lipinski definition) is 8. The Hall–Kier alpha value is -4.98. The van der Waals surface area contributed by atoms with Crippen molar-refractivity contribution in [2.75, 3.05) is 0 Å². The third kappa shape index (κ3) is 3.17. The molecule has 0 N–H and O–H groups in total. The van der Waals surface area contributed by atoms with E-state index in [-0.39, 0.29) is 0 Å². The molecule has 2 aromatic carbocycles. The Morgan fingerprint density at radius 2 is 1.32 bits per heavy atom. The van der Waals surface area contributed by atoms with Crippen molar-refractivity contribution in [2.45, 2.75) is 0 Å². The second-order valence-corrected chi connectivity index (χ2v) is 7.51. The Kier molecular flexibility index (Phi) is 4.55. The molecule has 164 valence electrons. The number of aromatic nitrogens is 4. The van der Waals surface area contributed by atoms with Crippen molar-refractivity contribution in [2.24, 2.45) is 0 Å². The van der Waals surface area contributed by atoms with E-state index >= 15 is 0 Å². The number of fused-ring (bicyclic) bond motifs is 3. The summed E-state index contributed by atoms with van der Waals surface area (Å²) >= 11 is 0. The first-order chi connectivity index (χ1) is 16.7. The van der Waals surface area contributed by atoms with Crippen LogP contribution in [0, 0.1) is 0 Å². The minimum absolute atomic E-state index is 0.581. The van der Waals surface area contributed by atoms with Crippen LogP contribution in [0.4, 0.5) is 0 Å². The molecule has 0 atom stereocenters. The molecule has 4 aliphatic rings. The Balaban J connectivity index is 1.41. The fraction of sp³-hybridized carbons (Fsp3) is 0. The predicted octanol–water partition coefficient (Wildman–Crippen LogP) is 4.87. The van der Waals surface area contributed by atoms with Crippen molar-refractivity contribution in [3.8, 4) is 22.9 Å². The molecule has 0 aromatic heterocycles. The molecule has 0 bridgehead atoms. The van der Waals surface area contributed by atoms with Gasteiger partial charge in [0.25, 0.3) is 0 Å². The molecule has 8 nitrogen and oxygen atoms in total. The van der Waals surface area contributed by atoms with Gasteiger partial charge in [0.2, 0.25) is 0 Å². The minimum Gasteiger partial charge on any atom is -0.375 e. The molecule has 4 heterocycles. The van der Waals surface area contributed by atoms with Crippen LogP contribution in [-0.4, -0.2) is 30.3 Å². The number of hydrogen-bond donors (Lipinski definition) is 0. The van der Waals surface area contributed by atoms with E-state index < -0.39 is 0 Å². The maximum atomic E-state index is 5.82. The van der Waals surface area contributed by atoms with E-state index in [4.69, 9.17) is 9.68 Å². The number of para-hydroxylation sites is 2. The van der Waals surface area contributed by atoms with Crippen LogP contribution in [0.3, 0.4) is 0 Å². The van der Waals surface area contributed by atoms with Gasteiger partial charge in [-0.05, 0) is 36.4 Å². The Bertz CT molecular complexity index is 1480. The first-order valence-corrected chi connectivity index (χ1v) is 10.6. The lowest BCUT2D eigenvalue weighted by Crippen LogP contribution is -2.12. The maximum absolute atomic E-state index is 5.82. The highest BCUT2D eigenvalue weighted by atomic mass is 16.7. The molecule has 0 radical (unpaired) electrons. The quantitative estimate of drug-likeness (QED) is 0.439. The summed E-state index contributed by atoms with van der Waals surface area (Å²) in [6, 6.07) is 15.5. The minimum atomic E-state index is 0.581. The van der Waals surface area contributed by atoms with E-state index in [1.54, 1.807) is 34.9 Å². The predicted molar refractivity (Wildman–Crippen MR) is 128 cm³/mol. The highest BCUT2D eigenvalue weighted by molar-refractivity contribution is 5.87. The van der Waals surface area contributed by atoms with Gasteiger partial charge < -0.3 is 9.68 Å². The first kappa shape index (κ1) is 19.7. The summed E-state index contributed by atoms with van der Waals surface area (Å²) in [5.74, 6) is 1.50. The zero-order valence-corrected chi connectivity index (χ0v) is 18.0. The number of rotatable bonds is 4. The van der Waals surface area contributed by atoms with E-state index in [0.717, 1.165) is 34.0 Å². The standard InChI is InChI=1S/C26H18N6O2/c1-3-31-22(18-9-5-7-11-24(18)33-31)13-17-15-28-26-20(29-30-21(26)16-27-17)14-23-19-10-6-8-12-25(19)34-32(23)4-2/h3-16H,1-2H2/b22-13+,23-14+. The Labute approximate surface area is 195 Å². The van der Waals surface area contributed by atoms with Crippen molar-refractivity contribution >= 4 is 23.5 Å².